The summed E-state index contributed by atoms with van der Waals surface area (Å²) in [5, 5.41) is 9.76. The molecule has 3 heterocycles. The van der Waals surface area contributed by atoms with E-state index in [4.69, 9.17) is 26.1 Å². The molecule has 3 amide bonds. The Labute approximate surface area is 328 Å². The Morgan fingerprint density at radius 1 is 1.13 bits per heavy atom. The molecule has 3 aliphatic rings. The van der Waals surface area contributed by atoms with Crippen molar-refractivity contribution in [1.29, 1.82) is 0 Å². The van der Waals surface area contributed by atoms with Crippen LogP contribution in [0.25, 0.3) is 22.0 Å². The normalized spacial score (nSPS) is 22.8. The minimum absolute atomic E-state index is 0.00816. The summed E-state index contributed by atoms with van der Waals surface area (Å²) in [4.78, 5) is 53.5. The molecule has 0 radical (unpaired) electrons. The fourth-order valence-corrected chi connectivity index (χ4v) is 9.28. The molecule has 2 saturated carbocycles. The number of rotatable bonds is 13. The summed E-state index contributed by atoms with van der Waals surface area (Å²) in [6, 6.07) is 13.0. The summed E-state index contributed by atoms with van der Waals surface area (Å²) in [6.45, 7) is 9.57. The fraction of sp³-hybridized carbons (Fsp3) is 0.410. The standard InChI is InChI=1S/C39H43ClN6O7S2/c1-6-23-18-39(23,36(49)45-55(50,51)26-13-14-26)44-33(47)30-17-25(53-34-28-16-24(40)12-15-27(28)31(52-5)19-41-34)20-46(30)35(48)32(38(2,3)4)43-37-42-29(21-54-37)22-10-8-7-9-11-22/h6-12,15-16,19,21,23,25-26,30,32H,1,13-14,17-18,20H2,2-5H3,(H,42,43)(H,44,47)(H,45,49)/t23-,25-,30+,32-,39-/m1/s1. The van der Waals surface area contributed by atoms with E-state index in [9.17, 15) is 22.8 Å². The molecule has 0 bridgehead atoms. The van der Waals surface area contributed by atoms with E-state index in [1.54, 1.807) is 18.2 Å². The predicted molar refractivity (Wildman–Crippen MR) is 212 cm³/mol. The zero-order chi connectivity index (χ0) is 39.3. The number of hydrogen-bond donors (Lipinski definition) is 3. The number of amides is 3. The molecule has 1 aliphatic heterocycles. The first kappa shape index (κ1) is 38.5. The Morgan fingerprint density at radius 3 is 2.53 bits per heavy atom. The van der Waals surface area contributed by atoms with Gasteiger partial charge in [-0.15, -0.1) is 17.9 Å². The number of hydrogen-bond acceptors (Lipinski definition) is 11. The van der Waals surface area contributed by atoms with Crippen molar-refractivity contribution in [2.24, 2.45) is 11.3 Å². The summed E-state index contributed by atoms with van der Waals surface area (Å²) in [5.41, 5.74) is -0.491. The SMILES string of the molecule is C=C[C@@H]1C[C@]1(NC(=O)[C@@H]1C[C@@H](Oc2ncc(OC)c3ccc(Cl)cc23)CN1C(=O)[C@@H](Nc1nc(-c2ccccc2)cs1)C(C)(C)C)C(=O)NS(=O)(=O)C1CC1. The van der Waals surface area contributed by atoms with Crippen LogP contribution in [0.1, 0.15) is 46.5 Å². The van der Waals surface area contributed by atoms with E-state index in [1.165, 1.54) is 35.6 Å². The maximum atomic E-state index is 14.8. The third kappa shape index (κ3) is 7.87. The number of sulfonamides is 1. The maximum absolute atomic E-state index is 14.8. The van der Waals surface area contributed by atoms with Crippen LogP contribution in [0.5, 0.6) is 11.6 Å². The number of likely N-dealkylation sites (tertiary alicyclic amines) is 1. The van der Waals surface area contributed by atoms with Crippen LogP contribution in [0.2, 0.25) is 5.02 Å². The van der Waals surface area contributed by atoms with E-state index in [2.05, 4.69) is 26.9 Å². The van der Waals surface area contributed by atoms with E-state index in [-0.39, 0.29) is 31.2 Å². The number of nitrogens with one attached hydrogen (secondary N) is 3. The average Bonchev–Trinajstić information content (AvgIpc) is 4.04. The first-order valence-electron chi connectivity index (χ1n) is 18.0. The van der Waals surface area contributed by atoms with Gasteiger partial charge < -0.3 is 25.0 Å². The van der Waals surface area contributed by atoms with Crippen LogP contribution >= 0.6 is 22.9 Å². The second-order valence-corrected chi connectivity index (χ2v) is 18.6. The van der Waals surface area contributed by atoms with Gasteiger partial charge in [0.15, 0.2) is 5.13 Å². The van der Waals surface area contributed by atoms with Crippen molar-refractivity contribution in [3.05, 3.63) is 77.8 Å². The highest BCUT2D eigenvalue weighted by Crippen LogP contribution is 2.46. The third-order valence-corrected chi connectivity index (χ3v) is 13.2. The molecular weight excluding hydrogens is 764 g/mol. The number of anilines is 1. The van der Waals surface area contributed by atoms with Crippen molar-refractivity contribution in [2.45, 2.75) is 75.4 Å². The molecule has 3 N–H and O–H groups in total. The monoisotopic (exact) mass is 806 g/mol. The van der Waals surface area contributed by atoms with Gasteiger partial charge in [-0.2, -0.15) is 0 Å². The Bertz CT molecular complexity index is 2260. The first-order valence-corrected chi connectivity index (χ1v) is 20.8. The number of carbonyl (C=O) groups is 3. The molecule has 7 rings (SSSR count). The van der Waals surface area contributed by atoms with Crippen molar-refractivity contribution in [2.75, 3.05) is 19.0 Å². The molecule has 13 nitrogen and oxygen atoms in total. The number of ether oxygens (including phenoxy) is 2. The predicted octanol–water partition coefficient (Wildman–Crippen LogP) is 5.56. The molecule has 2 aromatic heterocycles. The molecule has 2 aliphatic carbocycles. The number of aromatic nitrogens is 2. The summed E-state index contributed by atoms with van der Waals surface area (Å²) in [6.07, 6.45) is 3.50. The molecule has 55 heavy (non-hydrogen) atoms. The highest BCUT2D eigenvalue weighted by molar-refractivity contribution is 7.91. The number of methoxy groups -OCH3 is 1. The molecule has 0 spiro atoms. The molecule has 1 saturated heterocycles. The number of pyridine rings is 1. The van der Waals surface area contributed by atoms with E-state index in [1.807, 2.05) is 56.5 Å². The molecule has 290 valence electrons. The summed E-state index contributed by atoms with van der Waals surface area (Å²) >= 11 is 7.74. The third-order valence-electron chi connectivity index (χ3n) is 10.3. The highest BCUT2D eigenvalue weighted by atomic mass is 35.5. The lowest BCUT2D eigenvalue weighted by Crippen LogP contribution is -2.58. The summed E-state index contributed by atoms with van der Waals surface area (Å²) < 4.78 is 39.7. The van der Waals surface area contributed by atoms with Crippen molar-refractivity contribution in [3.63, 3.8) is 0 Å². The number of carbonyl (C=O) groups excluding carboxylic acids is 3. The van der Waals surface area contributed by atoms with Gasteiger partial charge in [0.2, 0.25) is 27.7 Å². The molecule has 3 fully saturated rings. The molecule has 5 atom stereocenters. The van der Waals surface area contributed by atoms with Crippen molar-refractivity contribution < 1.29 is 32.3 Å². The van der Waals surface area contributed by atoms with Crippen LogP contribution < -0.4 is 24.8 Å². The van der Waals surface area contributed by atoms with Crippen molar-refractivity contribution in [1.82, 2.24) is 24.9 Å². The fourth-order valence-electron chi connectivity index (χ4n) is 6.99. The lowest BCUT2D eigenvalue weighted by atomic mass is 9.85. The molecule has 16 heteroatoms. The molecule has 2 aromatic carbocycles. The number of fused-ring (bicyclic) bond motifs is 1. The zero-order valence-corrected chi connectivity index (χ0v) is 33.3. The lowest BCUT2D eigenvalue weighted by Gasteiger charge is -2.35. The molecular formula is C39H43ClN6O7S2. The lowest BCUT2D eigenvalue weighted by molar-refractivity contribution is -0.141. The van der Waals surface area contributed by atoms with Crippen LogP contribution in [0.3, 0.4) is 0 Å². The summed E-state index contributed by atoms with van der Waals surface area (Å²) in [5.74, 6) is -1.56. The van der Waals surface area contributed by atoms with Gasteiger partial charge in [-0.1, -0.05) is 68.8 Å². The van der Waals surface area contributed by atoms with Crippen molar-refractivity contribution in [3.8, 4) is 22.9 Å². The first-order chi connectivity index (χ1) is 26.1. The van der Waals surface area contributed by atoms with E-state index in [0.717, 1.165) is 11.3 Å². The van der Waals surface area contributed by atoms with Crippen molar-refractivity contribution >= 4 is 66.6 Å². The maximum Gasteiger partial charge on any atom is 0.259 e. The van der Waals surface area contributed by atoms with Gasteiger partial charge >= 0.3 is 0 Å². The number of halogens is 1. The van der Waals surface area contributed by atoms with Crippen LogP contribution in [-0.4, -0.2) is 83.6 Å². The second-order valence-electron chi connectivity index (χ2n) is 15.3. The minimum atomic E-state index is -3.89. The quantitative estimate of drug-likeness (QED) is 0.145. The van der Waals surface area contributed by atoms with Gasteiger partial charge in [0.25, 0.3) is 5.91 Å². The second kappa shape index (κ2) is 14.7. The Kier molecular flexibility index (Phi) is 10.3. The smallest absolute Gasteiger partial charge is 0.259 e. The Morgan fingerprint density at radius 2 is 1.87 bits per heavy atom. The Hall–Kier alpha value is -4.73. The highest BCUT2D eigenvalue weighted by Gasteiger charge is 2.62. The number of nitrogens with zero attached hydrogens (tertiary/aromatic N) is 3. The summed E-state index contributed by atoms with van der Waals surface area (Å²) in [7, 11) is -2.36. The number of benzene rings is 2. The van der Waals surface area contributed by atoms with Crippen LogP contribution in [0.4, 0.5) is 5.13 Å². The molecule has 0 unspecified atom stereocenters. The van der Waals surface area contributed by atoms with Gasteiger partial charge in [0, 0.05) is 39.1 Å². The van der Waals surface area contributed by atoms with Gasteiger partial charge in [-0.3, -0.25) is 19.1 Å². The zero-order valence-electron chi connectivity index (χ0n) is 30.9. The van der Waals surface area contributed by atoms with E-state index < -0.39 is 62.1 Å². The van der Waals surface area contributed by atoms with Gasteiger partial charge in [-0.25, -0.2) is 18.4 Å². The van der Waals surface area contributed by atoms with Crippen LogP contribution in [0, 0.1) is 11.3 Å². The largest absolute Gasteiger partial charge is 0.494 e. The average molecular weight is 807 g/mol. The number of thiazole rings is 1. The van der Waals surface area contributed by atoms with E-state index in [0.29, 0.717) is 39.5 Å². The van der Waals surface area contributed by atoms with E-state index >= 15 is 0 Å². The van der Waals surface area contributed by atoms with Gasteiger partial charge in [0.05, 0.1) is 30.8 Å². The molecule has 4 aromatic rings. The Balaban J connectivity index is 1.19. The minimum Gasteiger partial charge on any atom is -0.494 e. The van der Waals surface area contributed by atoms with Gasteiger partial charge in [-0.05, 0) is 42.9 Å². The van der Waals surface area contributed by atoms with Crippen LogP contribution in [0.15, 0.2) is 72.8 Å². The topological polar surface area (TPSA) is 169 Å². The van der Waals surface area contributed by atoms with Gasteiger partial charge in [0.1, 0.15) is 29.5 Å². The van der Waals surface area contributed by atoms with Crippen LogP contribution in [-0.2, 0) is 24.4 Å².